The number of rotatable bonds is 11. The molecule has 0 bridgehead atoms. The predicted molar refractivity (Wildman–Crippen MR) is 144 cm³/mol. The first-order valence-corrected chi connectivity index (χ1v) is 13.5. The van der Waals surface area contributed by atoms with E-state index in [9.17, 15) is 18.0 Å². The molecular weight excluding hydrogens is 514 g/mol. The van der Waals surface area contributed by atoms with Gasteiger partial charge in [-0.05, 0) is 54.4 Å². The normalized spacial score (nSPS) is 11.9. The van der Waals surface area contributed by atoms with Gasteiger partial charge in [-0.15, -0.1) is 0 Å². The lowest BCUT2D eigenvalue weighted by Gasteiger charge is -2.33. The molecule has 3 aromatic carbocycles. The number of likely N-dealkylation sites (N-methyl/N-ethyl adjacent to an activating group) is 1. The summed E-state index contributed by atoms with van der Waals surface area (Å²) in [4.78, 5) is 28.0. The molecule has 0 aromatic heterocycles. The minimum absolute atomic E-state index is 0.0304. The van der Waals surface area contributed by atoms with E-state index in [-0.39, 0.29) is 23.0 Å². The van der Waals surface area contributed by atoms with E-state index in [1.807, 2.05) is 0 Å². The lowest BCUT2D eigenvalue weighted by atomic mass is 10.1. The van der Waals surface area contributed by atoms with E-state index in [0.717, 1.165) is 9.87 Å². The van der Waals surface area contributed by atoms with Gasteiger partial charge in [-0.1, -0.05) is 54.9 Å². The number of hydrogen-bond acceptors (Lipinski definition) is 5. The first kappa shape index (κ1) is 28.0. The van der Waals surface area contributed by atoms with E-state index < -0.39 is 28.5 Å². The molecule has 37 heavy (non-hydrogen) atoms. The summed E-state index contributed by atoms with van der Waals surface area (Å²) in [6, 6.07) is 20.5. The van der Waals surface area contributed by atoms with Crippen LogP contribution in [0.3, 0.4) is 0 Å². The lowest BCUT2D eigenvalue weighted by molar-refractivity contribution is -0.140. The van der Waals surface area contributed by atoms with E-state index in [1.54, 1.807) is 74.7 Å². The number of nitrogens with zero attached hydrogens (tertiary/aromatic N) is 2. The molecular formula is C27H30ClN3O5S. The average molecular weight is 544 g/mol. The number of sulfonamides is 1. The van der Waals surface area contributed by atoms with Crippen LogP contribution in [0.25, 0.3) is 0 Å². The average Bonchev–Trinajstić information content (AvgIpc) is 2.92. The smallest absolute Gasteiger partial charge is 0.264 e. The summed E-state index contributed by atoms with van der Waals surface area (Å²) in [5.41, 5.74) is 0.999. The highest BCUT2D eigenvalue weighted by atomic mass is 35.5. The molecule has 0 radical (unpaired) electrons. The number of benzene rings is 3. The summed E-state index contributed by atoms with van der Waals surface area (Å²) < 4.78 is 33.6. The second kappa shape index (κ2) is 12.6. The Morgan fingerprint density at radius 3 is 2.24 bits per heavy atom. The van der Waals surface area contributed by atoms with Crippen LogP contribution in [0.5, 0.6) is 5.75 Å². The standard InChI is InChI=1S/C27H30ClN3O5S/c1-4-25(27(33)29-2)30(18-20-13-15-23(36-3)16-14-20)26(32)19-31(22-10-8-9-21(28)17-22)37(34,35)24-11-6-5-7-12-24/h5-17,25H,4,18-19H2,1-3H3,(H,29,33). The Balaban J connectivity index is 2.03. The number of methoxy groups -OCH3 is 1. The zero-order chi connectivity index (χ0) is 27.0. The number of carbonyl (C=O) groups excluding carboxylic acids is 2. The molecule has 10 heteroatoms. The summed E-state index contributed by atoms with van der Waals surface area (Å²) in [6.45, 7) is 1.37. The van der Waals surface area contributed by atoms with Crippen LogP contribution in [0, 0.1) is 0 Å². The van der Waals surface area contributed by atoms with Gasteiger partial charge >= 0.3 is 0 Å². The van der Waals surface area contributed by atoms with E-state index in [1.165, 1.54) is 30.1 Å². The summed E-state index contributed by atoms with van der Waals surface area (Å²) >= 11 is 6.17. The van der Waals surface area contributed by atoms with Crippen molar-refractivity contribution in [1.82, 2.24) is 10.2 Å². The molecule has 8 nitrogen and oxygen atoms in total. The fraction of sp³-hybridized carbons (Fsp3) is 0.259. The van der Waals surface area contributed by atoms with E-state index in [4.69, 9.17) is 16.3 Å². The minimum atomic E-state index is -4.13. The quantitative estimate of drug-likeness (QED) is 0.393. The Bertz CT molecular complexity index is 1320. The number of halogens is 1. The van der Waals surface area contributed by atoms with Crippen molar-refractivity contribution < 1.29 is 22.7 Å². The molecule has 1 atom stereocenters. The van der Waals surface area contributed by atoms with Crippen LogP contribution in [-0.4, -0.2) is 51.9 Å². The summed E-state index contributed by atoms with van der Waals surface area (Å²) in [5, 5.41) is 2.93. The Morgan fingerprint density at radius 2 is 1.68 bits per heavy atom. The third-order valence-corrected chi connectivity index (χ3v) is 7.87. The van der Waals surface area contributed by atoms with Crippen LogP contribution in [0.2, 0.25) is 5.02 Å². The van der Waals surface area contributed by atoms with Gasteiger partial charge in [0.25, 0.3) is 10.0 Å². The number of nitrogens with one attached hydrogen (secondary N) is 1. The van der Waals surface area contributed by atoms with E-state index >= 15 is 0 Å². The predicted octanol–water partition coefficient (Wildman–Crippen LogP) is 4.10. The number of hydrogen-bond donors (Lipinski definition) is 1. The highest BCUT2D eigenvalue weighted by Gasteiger charge is 2.33. The van der Waals surface area contributed by atoms with Crippen LogP contribution in [0.4, 0.5) is 5.69 Å². The molecule has 0 aliphatic carbocycles. The zero-order valence-electron chi connectivity index (χ0n) is 20.9. The fourth-order valence-corrected chi connectivity index (χ4v) is 5.51. The Labute approximate surface area is 222 Å². The molecule has 1 N–H and O–H groups in total. The highest BCUT2D eigenvalue weighted by Crippen LogP contribution is 2.27. The van der Waals surface area contributed by atoms with Gasteiger partial charge in [-0.3, -0.25) is 13.9 Å². The van der Waals surface area contributed by atoms with Gasteiger partial charge in [-0.25, -0.2) is 8.42 Å². The zero-order valence-corrected chi connectivity index (χ0v) is 22.5. The van der Waals surface area contributed by atoms with Crippen LogP contribution in [0.1, 0.15) is 18.9 Å². The first-order chi connectivity index (χ1) is 17.7. The van der Waals surface area contributed by atoms with Gasteiger partial charge in [0, 0.05) is 18.6 Å². The molecule has 1 unspecified atom stereocenters. The molecule has 0 heterocycles. The largest absolute Gasteiger partial charge is 0.497 e. The summed E-state index contributed by atoms with van der Waals surface area (Å²) in [6.07, 6.45) is 0.337. The number of amides is 2. The van der Waals surface area contributed by atoms with Crippen LogP contribution in [-0.2, 0) is 26.2 Å². The number of ether oxygens (including phenoxy) is 1. The third-order valence-electron chi connectivity index (χ3n) is 5.85. The fourth-order valence-electron chi connectivity index (χ4n) is 3.89. The van der Waals surface area contributed by atoms with Gasteiger partial charge in [0.15, 0.2) is 0 Å². The topological polar surface area (TPSA) is 96.0 Å². The van der Waals surface area contributed by atoms with E-state index in [2.05, 4.69) is 5.32 Å². The maximum atomic E-state index is 13.8. The molecule has 0 saturated carbocycles. The SMILES string of the molecule is CCC(C(=O)NC)N(Cc1ccc(OC)cc1)C(=O)CN(c1cccc(Cl)c1)S(=O)(=O)c1ccccc1. The molecule has 0 aliphatic heterocycles. The lowest BCUT2D eigenvalue weighted by Crippen LogP contribution is -2.51. The number of anilines is 1. The Morgan fingerprint density at radius 1 is 1.00 bits per heavy atom. The second-order valence-electron chi connectivity index (χ2n) is 8.21. The van der Waals surface area contributed by atoms with Gasteiger partial charge < -0.3 is 15.0 Å². The third kappa shape index (κ3) is 6.81. The highest BCUT2D eigenvalue weighted by molar-refractivity contribution is 7.92. The molecule has 2 amide bonds. The van der Waals surface area contributed by atoms with Crippen molar-refractivity contribution in [3.63, 3.8) is 0 Å². The minimum Gasteiger partial charge on any atom is -0.497 e. The number of carbonyl (C=O) groups is 2. The molecule has 3 aromatic rings. The molecule has 0 fully saturated rings. The molecule has 3 rings (SSSR count). The van der Waals surface area contributed by atoms with Crippen molar-refractivity contribution >= 4 is 39.1 Å². The van der Waals surface area contributed by atoms with Crippen molar-refractivity contribution in [3.05, 3.63) is 89.4 Å². The van der Waals surface area contributed by atoms with Gasteiger partial charge in [0.1, 0.15) is 18.3 Å². The van der Waals surface area contributed by atoms with Crippen LogP contribution in [0.15, 0.2) is 83.8 Å². The van der Waals surface area contributed by atoms with Crippen LogP contribution < -0.4 is 14.4 Å². The summed E-state index contributed by atoms with van der Waals surface area (Å²) in [7, 11) is -1.07. The van der Waals surface area contributed by atoms with Gasteiger partial charge in [0.2, 0.25) is 11.8 Å². The van der Waals surface area contributed by atoms with Crippen molar-refractivity contribution in [1.29, 1.82) is 0 Å². The van der Waals surface area contributed by atoms with Gasteiger partial charge in [0.05, 0.1) is 17.7 Å². The van der Waals surface area contributed by atoms with Crippen LogP contribution >= 0.6 is 11.6 Å². The van der Waals surface area contributed by atoms with E-state index in [0.29, 0.717) is 17.2 Å². The Hall–Kier alpha value is -3.56. The first-order valence-electron chi connectivity index (χ1n) is 11.7. The maximum Gasteiger partial charge on any atom is 0.264 e. The van der Waals surface area contributed by atoms with Gasteiger partial charge in [-0.2, -0.15) is 0 Å². The van der Waals surface area contributed by atoms with Crippen molar-refractivity contribution in [2.45, 2.75) is 30.8 Å². The van der Waals surface area contributed by atoms with Crippen molar-refractivity contribution in [2.75, 3.05) is 25.0 Å². The van der Waals surface area contributed by atoms with Crippen molar-refractivity contribution in [2.24, 2.45) is 0 Å². The summed E-state index contributed by atoms with van der Waals surface area (Å²) in [5.74, 6) is -0.226. The Kier molecular flexibility index (Phi) is 9.54. The maximum absolute atomic E-state index is 13.8. The molecule has 196 valence electrons. The van der Waals surface area contributed by atoms with Crippen molar-refractivity contribution in [3.8, 4) is 5.75 Å². The second-order valence-corrected chi connectivity index (χ2v) is 10.5. The molecule has 0 spiro atoms. The monoisotopic (exact) mass is 543 g/mol. The molecule has 0 saturated heterocycles. The molecule has 0 aliphatic rings.